The number of halogens is 1. The van der Waals surface area contributed by atoms with Crippen molar-refractivity contribution in [3.05, 3.63) is 28.3 Å². The first-order chi connectivity index (χ1) is 8.11. The Morgan fingerprint density at radius 2 is 2.18 bits per heavy atom. The van der Waals surface area contributed by atoms with Gasteiger partial charge in [0.2, 0.25) is 0 Å². The normalized spacial score (nSPS) is 16.9. The molecule has 2 nitrogen and oxygen atoms in total. The van der Waals surface area contributed by atoms with Crippen LogP contribution >= 0.6 is 11.6 Å². The predicted octanol–water partition coefficient (Wildman–Crippen LogP) is 3.72. The molecule has 1 atom stereocenters. The number of ether oxygens (including phenoxy) is 1. The Labute approximate surface area is 108 Å². The van der Waals surface area contributed by atoms with Crippen molar-refractivity contribution >= 4 is 11.6 Å². The molecule has 1 aliphatic carbocycles. The summed E-state index contributed by atoms with van der Waals surface area (Å²) in [6, 6.07) is 4.37. The average molecular weight is 254 g/mol. The highest BCUT2D eigenvalue weighted by Gasteiger charge is 2.22. The summed E-state index contributed by atoms with van der Waals surface area (Å²) in [5.74, 6) is 1.65. The van der Waals surface area contributed by atoms with Gasteiger partial charge in [-0.15, -0.1) is 0 Å². The lowest BCUT2D eigenvalue weighted by molar-refractivity contribution is 0.414. The van der Waals surface area contributed by atoms with Crippen LogP contribution in [0.5, 0.6) is 5.75 Å². The zero-order chi connectivity index (χ0) is 12.4. The number of rotatable bonds is 5. The van der Waals surface area contributed by atoms with Crippen molar-refractivity contribution in [2.24, 2.45) is 5.92 Å². The highest BCUT2D eigenvalue weighted by Crippen LogP contribution is 2.32. The highest BCUT2D eigenvalue weighted by molar-refractivity contribution is 6.32. The molecule has 1 N–H and O–H groups in total. The topological polar surface area (TPSA) is 21.3 Å². The van der Waals surface area contributed by atoms with Gasteiger partial charge in [0.25, 0.3) is 0 Å². The lowest BCUT2D eigenvalue weighted by Crippen LogP contribution is -2.21. The molecule has 1 aliphatic rings. The van der Waals surface area contributed by atoms with Crippen LogP contribution in [0.15, 0.2) is 12.1 Å². The maximum atomic E-state index is 6.17. The highest BCUT2D eigenvalue weighted by atomic mass is 35.5. The van der Waals surface area contributed by atoms with Crippen molar-refractivity contribution in [2.75, 3.05) is 13.7 Å². The number of aryl methyl sites for hydroxylation is 1. The quantitative estimate of drug-likeness (QED) is 0.864. The maximum Gasteiger partial charge on any atom is 0.137 e. The molecule has 1 saturated carbocycles. The van der Waals surface area contributed by atoms with Crippen molar-refractivity contribution < 1.29 is 4.74 Å². The molecule has 0 aromatic heterocycles. The van der Waals surface area contributed by atoms with Gasteiger partial charge in [0.1, 0.15) is 5.75 Å². The summed E-state index contributed by atoms with van der Waals surface area (Å²) < 4.78 is 5.22. The van der Waals surface area contributed by atoms with E-state index in [1.54, 1.807) is 7.11 Å². The smallest absolute Gasteiger partial charge is 0.137 e. The minimum Gasteiger partial charge on any atom is -0.495 e. The molecule has 0 saturated heterocycles. The largest absolute Gasteiger partial charge is 0.495 e. The predicted molar refractivity (Wildman–Crippen MR) is 71.9 cm³/mol. The van der Waals surface area contributed by atoms with Crippen molar-refractivity contribution in [3.63, 3.8) is 0 Å². The van der Waals surface area contributed by atoms with E-state index >= 15 is 0 Å². The van der Waals surface area contributed by atoms with E-state index in [9.17, 15) is 0 Å². The van der Waals surface area contributed by atoms with E-state index in [0.29, 0.717) is 11.1 Å². The first-order valence-electron chi connectivity index (χ1n) is 6.19. The van der Waals surface area contributed by atoms with Crippen LogP contribution < -0.4 is 10.1 Å². The summed E-state index contributed by atoms with van der Waals surface area (Å²) >= 11 is 6.17. The van der Waals surface area contributed by atoms with Crippen LogP contribution in [0.2, 0.25) is 5.02 Å². The standard InChI is InChI=1S/C14H20ClNO/c1-9-6-14(17-3)13(15)7-12(9)10(2)16-8-11-4-5-11/h6-7,10-11,16H,4-5,8H2,1-3H3. The Morgan fingerprint density at radius 1 is 1.47 bits per heavy atom. The van der Waals surface area contributed by atoms with Crippen LogP contribution in [0.1, 0.15) is 36.9 Å². The zero-order valence-corrected chi connectivity index (χ0v) is 11.5. The van der Waals surface area contributed by atoms with Crippen molar-refractivity contribution in [1.29, 1.82) is 0 Å². The van der Waals surface area contributed by atoms with E-state index in [-0.39, 0.29) is 0 Å². The minimum absolute atomic E-state index is 0.346. The Kier molecular flexibility index (Phi) is 3.95. The van der Waals surface area contributed by atoms with Crippen LogP contribution in [0.25, 0.3) is 0 Å². The fraction of sp³-hybridized carbons (Fsp3) is 0.571. The van der Waals surface area contributed by atoms with Crippen LogP contribution in [-0.4, -0.2) is 13.7 Å². The van der Waals surface area contributed by atoms with Gasteiger partial charge in [-0.3, -0.25) is 0 Å². The molecule has 1 aromatic rings. The summed E-state index contributed by atoms with van der Waals surface area (Å²) in [5.41, 5.74) is 2.48. The molecule has 94 valence electrons. The molecule has 0 spiro atoms. The Bertz CT molecular complexity index is 401. The summed E-state index contributed by atoms with van der Waals surface area (Å²) in [6.07, 6.45) is 2.75. The monoisotopic (exact) mass is 253 g/mol. The van der Waals surface area contributed by atoms with Gasteiger partial charge in [-0.25, -0.2) is 0 Å². The van der Waals surface area contributed by atoms with Crippen LogP contribution in [-0.2, 0) is 0 Å². The second-order valence-corrected chi connectivity index (χ2v) is 5.32. The van der Waals surface area contributed by atoms with Gasteiger partial charge in [0.15, 0.2) is 0 Å². The third-order valence-corrected chi connectivity index (χ3v) is 3.71. The first kappa shape index (κ1) is 12.7. The second kappa shape index (κ2) is 5.28. The fourth-order valence-electron chi connectivity index (χ4n) is 2.07. The zero-order valence-electron chi connectivity index (χ0n) is 10.7. The minimum atomic E-state index is 0.346. The van der Waals surface area contributed by atoms with Gasteiger partial charge in [-0.2, -0.15) is 0 Å². The van der Waals surface area contributed by atoms with Gasteiger partial charge in [0.05, 0.1) is 12.1 Å². The van der Waals surface area contributed by atoms with Crippen molar-refractivity contribution in [3.8, 4) is 5.75 Å². The molecule has 0 heterocycles. The molecule has 0 radical (unpaired) electrons. The van der Waals surface area contributed by atoms with E-state index in [4.69, 9.17) is 16.3 Å². The van der Waals surface area contributed by atoms with Crippen LogP contribution in [0.3, 0.4) is 0 Å². The summed E-state index contributed by atoms with van der Waals surface area (Å²) in [6.45, 7) is 5.40. The summed E-state index contributed by atoms with van der Waals surface area (Å²) in [4.78, 5) is 0. The molecule has 17 heavy (non-hydrogen) atoms. The number of nitrogens with one attached hydrogen (secondary N) is 1. The van der Waals surface area contributed by atoms with Gasteiger partial charge in [0, 0.05) is 6.04 Å². The molecule has 0 aliphatic heterocycles. The summed E-state index contributed by atoms with van der Waals surface area (Å²) in [5, 5.41) is 4.26. The number of methoxy groups -OCH3 is 1. The molecular weight excluding hydrogens is 234 g/mol. The number of benzene rings is 1. The average Bonchev–Trinajstić information content (AvgIpc) is 3.12. The third kappa shape index (κ3) is 3.14. The maximum absolute atomic E-state index is 6.17. The first-order valence-corrected chi connectivity index (χ1v) is 6.57. The molecule has 1 fully saturated rings. The van der Waals surface area contributed by atoms with Gasteiger partial charge in [-0.1, -0.05) is 11.6 Å². The van der Waals surface area contributed by atoms with Crippen molar-refractivity contribution in [1.82, 2.24) is 5.32 Å². The number of hydrogen-bond donors (Lipinski definition) is 1. The van der Waals surface area contributed by atoms with Crippen molar-refractivity contribution in [2.45, 2.75) is 32.7 Å². The van der Waals surface area contributed by atoms with Gasteiger partial charge in [-0.05, 0) is 62.4 Å². The molecule has 0 bridgehead atoms. The van der Waals surface area contributed by atoms with Crippen LogP contribution in [0, 0.1) is 12.8 Å². The Balaban J connectivity index is 2.09. The number of hydrogen-bond acceptors (Lipinski definition) is 2. The van der Waals surface area contributed by atoms with Gasteiger partial charge < -0.3 is 10.1 Å². The fourth-order valence-corrected chi connectivity index (χ4v) is 2.32. The Hall–Kier alpha value is -0.730. The molecule has 2 rings (SSSR count). The van der Waals surface area contributed by atoms with Crippen LogP contribution in [0.4, 0.5) is 0 Å². The molecule has 0 amide bonds. The second-order valence-electron chi connectivity index (χ2n) is 4.92. The molecule has 3 heteroatoms. The van der Waals surface area contributed by atoms with Gasteiger partial charge >= 0.3 is 0 Å². The van der Waals surface area contributed by atoms with E-state index in [0.717, 1.165) is 18.2 Å². The SMILES string of the molecule is COc1cc(C)c(C(C)NCC2CC2)cc1Cl. The van der Waals surface area contributed by atoms with E-state index in [2.05, 4.69) is 19.2 Å². The van der Waals surface area contributed by atoms with E-state index in [1.807, 2.05) is 12.1 Å². The lowest BCUT2D eigenvalue weighted by Gasteiger charge is -2.18. The molecule has 1 aromatic carbocycles. The third-order valence-electron chi connectivity index (χ3n) is 3.42. The molecule has 1 unspecified atom stereocenters. The van der Waals surface area contributed by atoms with E-state index in [1.165, 1.54) is 24.0 Å². The molecular formula is C14H20ClNO. The lowest BCUT2D eigenvalue weighted by atomic mass is 10.0. The van der Waals surface area contributed by atoms with E-state index < -0.39 is 0 Å². The summed E-state index contributed by atoms with van der Waals surface area (Å²) in [7, 11) is 1.65. The Morgan fingerprint density at radius 3 is 2.76 bits per heavy atom.